The van der Waals surface area contributed by atoms with Gasteiger partial charge in [0.15, 0.2) is 0 Å². The number of nitrogens with one attached hydrogen (secondary N) is 3. The van der Waals surface area contributed by atoms with E-state index in [4.69, 9.17) is 0 Å². The third-order valence-electron chi connectivity index (χ3n) is 7.04. The summed E-state index contributed by atoms with van der Waals surface area (Å²) in [7, 11) is -3.64. The summed E-state index contributed by atoms with van der Waals surface area (Å²) in [6, 6.07) is 14.5. The van der Waals surface area contributed by atoms with Gasteiger partial charge in [0.25, 0.3) is 0 Å². The van der Waals surface area contributed by atoms with Crippen molar-refractivity contribution in [3.8, 4) is 0 Å². The second-order valence-corrected chi connectivity index (χ2v) is 11.6. The van der Waals surface area contributed by atoms with Gasteiger partial charge in [0.1, 0.15) is 11.6 Å². The largest absolute Gasteiger partial charge is 0.340 e. The first kappa shape index (κ1) is 29.2. The van der Waals surface area contributed by atoms with Crippen LogP contribution in [-0.2, 0) is 10.0 Å². The SMILES string of the molecule is Cl.O=S(=O)(c1ccc(Nc2nccc(Nc3ccc(F)cc3)n2)cc1)N(CCN1CCCC1)C1CCNCC1. The number of rotatable bonds is 10. The van der Waals surface area contributed by atoms with Crippen molar-refractivity contribution in [3.63, 3.8) is 0 Å². The molecule has 39 heavy (non-hydrogen) atoms. The lowest BCUT2D eigenvalue weighted by atomic mass is 10.1. The molecule has 0 atom stereocenters. The molecule has 2 aliphatic rings. The summed E-state index contributed by atoms with van der Waals surface area (Å²) in [5, 5.41) is 9.58. The number of nitrogens with zero attached hydrogens (tertiary/aromatic N) is 4. The van der Waals surface area contributed by atoms with Gasteiger partial charge in [-0.1, -0.05) is 0 Å². The lowest BCUT2D eigenvalue weighted by molar-refractivity contribution is 0.228. The van der Waals surface area contributed by atoms with Crippen LogP contribution >= 0.6 is 12.4 Å². The predicted octanol–water partition coefficient (Wildman–Crippen LogP) is 4.36. The number of hydrogen-bond acceptors (Lipinski definition) is 8. The second-order valence-electron chi connectivity index (χ2n) is 9.69. The first-order valence-electron chi connectivity index (χ1n) is 13.1. The van der Waals surface area contributed by atoms with E-state index in [0.717, 1.165) is 45.6 Å². The number of sulfonamides is 1. The van der Waals surface area contributed by atoms with Gasteiger partial charge in [0.2, 0.25) is 16.0 Å². The Morgan fingerprint density at radius 3 is 2.28 bits per heavy atom. The molecular weight excluding hydrogens is 541 g/mol. The molecule has 9 nitrogen and oxygen atoms in total. The van der Waals surface area contributed by atoms with Gasteiger partial charge < -0.3 is 20.9 Å². The van der Waals surface area contributed by atoms with Crippen molar-refractivity contribution in [1.29, 1.82) is 0 Å². The van der Waals surface area contributed by atoms with Gasteiger partial charge in [0, 0.05) is 36.7 Å². The average molecular weight is 576 g/mol. The molecule has 0 radical (unpaired) electrons. The fraction of sp³-hybridized carbons (Fsp3) is 0.407. The Labute approximate surface area is 235 Å². The molecule has 1 aromatic heterocycles. The van der Waals surface area contributed by atoms with E-state index in [2.05, 4.69) is 30.8 Å². The molecule has 3 N–H and O–H groups in total. The Morgan fingerprint density at radius 1 is 0.949 bits per heavy atom. The average Bonchev–Trinajstić information content (AvgIpc) is 3.45. The maximum atomic E-state index is 13.8. The standard InChI is InChI=1S/C27H34FN7O2S.ClH/c28-21-3-5-22(6-4-21)31-26-13-16-30-27(33-26)32-23-7-9-25(10-8-23)38(36,37)35(24-11-14-29-15-12-24)20-19-34-17-1-2-18-34;/h3-10,13,16,24,29H,1-2,11-12,14-15,17-20H2,(H2,30,31,32,33);1H. The van der Waals surface area contributed by atoms with Crippen LogP contribution in [0.5, 0.6) is 0 Å². The monoisotopic (exact) mass is 575 g/mol. The van der Waals surface area contributed by atoms with Gasteiger partial charge in [0.05, 0.1) is 4.90 Å². The molecule has 3 heterocycles. The molecular formula is C27H35ClFN7O2S. The van der Waals surface area contributed by atoms with E-state index in [0.29, 0.717) is 29.7 Å². The normalized spacial score (nSPS) is 16.7. The number of aromatic nitrogens is 2. The summed E-state index contributed by atoms with van der Waals surface area (Å²) < 4.78 is 42.4. The van der Waals surface area contributed by atoms with E-state index in [1.807, 2.05) is 0 Å². The van der Waals surface area contributed by atoms with E-state index < -0.39 is 10.0 Å². The van der Waals surface area contributed by atoms with Crippen molar-refractivity contribution in [1.82, 2.24) is 24.5 Å². The number of halogens is 2. The van der Waals surface area contributed by atoms with Crippen LogP contribution in [0.25, 0.3) is 0 Å². The summed E-state index contributed by atoms with van der Waals surface area (Å²) >= 11 is 0. The summed E-state index contributed by atoms with van der Waals surface area (Å²) in [6.45, 7) is 5.03. The summed E-state index contributed by atoms with van der Waals surface area (Å²) in [5.41, 5.74) is 1.38. The van der Waals surface area contributed by atoms with Gasteiger partial charge in [-0.25, -0.2) is 17.8 Å². The molecule has 2 saturated heterocycles. The quantitative estimate of drug-likeness (QED) is 0.328. The first-order valence-corrected chi connectivity index (χ1v) is 14.6. The zero-order chi connectivity index (χ0) is 26.4. The molecule has 0 saturated carbocycles. The smallest absolute Gasteiger partial charge is 0.243 e. The van der Waals surface area contributed by atoms with Crippen LogP contribution in [0.2, 0.25) is 0 Å². The lowest BCUT2D eigenvalue weighted by Gasteiger charge is -2.34. The minimum Gasteiger partial charge on any atom is -0.340 e. The summed E-state index contributed by atoms with van der Waals surface area (Å²) in [5.74, 6) is 0.593. The van der Waals surface area contributed by atoms with Crippen LogP contribution in [0.1, 0.15) is 25.7 Å². The van der Waals surface area contributed by atoms with Crippen molar-refractivity contribution < 1.29 is 12.8 Å². The minimum atomic E-state index is -3.64. The molecule has 5 rings (SSSR count). The van der Waals surface area contributed by atoms with Crippen molar-refractivity contribution in [3.05, 3.63) is 66.6 Å². The van der Waals surface area contributed by atoms with Gasteiger partial charge in [-0.3, -0.25) is 0 Å². The molecule has 2 aromatic carbocycles. The van der Waals surface area contributed by atoms with Crippen LogP contribution in [-0.4, -0.2) is 72.9 Å². The highest BCUT2D eigenvalue weighted by Crippen LogP contribution is 2.25. The van der Waals surface area contributed by atoms with E-state index in [1.54, 1.807) is 53.0 Å². The van der Waals surface area contributed by atoms with E-state index >= 15 is 0 Å². The van der Waals surface area contributed by atoms with Crippen LogP contribution in [0.3, 0.4) is 0 Å². The summed E-state index contributed by atoms with van der Waals surface area (Å²) in [4.78, 5) is 11.3. The van der Waals surface area contributed by atoms with Crippen molar-refractivity contribution in [2.45, 2.75) is 36.6 Å². The van der Waals surface area contributed by atoms with Crippen LogP contribution < -0.4 is 16.0 Å². The number of piperidine rings is 1. The highest BCUT2D eigenvalue weighted by atomic mass is 35.5. The Morgan fingerprint density at radius 2 is 1.59 bits per heavy atom. The summed E-state index contributed by atoms with van der Waals surface area (Å²) in [6.07, 6.45) is 5.61. The molecule has 210 valence electrons. The number of likely N-dealkylation sites (tertiary alicyclic amines) is 1. The van der Waals surface area contributed by atoms with E-state index in [9.17, 15) is 12.8 Å². The highest BCUT2D eigenvalue weighted by Gasteiger charge is 2.32. The molecule has 0 spiro atoms. The molecule has 0 aliphatic carbocycles. The Kier molecular flexibility index (Phi) is 10.1. The van der Waals surface area contributed by atoms with Crippen LogP contribution in [0, 0.1) is 5.82 Å². The van der Waals surface area contributed by atoms with Crippen molar-refractivity contribution in [2.75, 3.05) is 49.9 Å². The highest BCUT2D eigenvalue weighted by molar-refractivity contribution is 7.89. The molecule has 2 fully saturated rings. The molecule has 12 heteroatoms. The Bertz CT molecular complexity index is 1300. The first-order chi connectivity index (χ1) is 18.5. The maximum absolute atomic E-state index is 13.8. The van der Waals surface area contributed by atoms with Gasteiger partial charge in [-0.05, 0) is 106 Å². The van der Waals surface area contributed by atoms with Gasteiger partial charge in [-0.2, -0.15) is 9.29 Å². The fourth-order valence-corrected chi connectivity index (χ4v) is 6.66. The topological polar surface area (TPSA) is 102 Å². The van der Waals surface area contributed by atoms with E-state index in [-0.39, 0.29) is 29.2 Å². The maximum Gasteiger partial charge on any atom is 0.243 e. The van der Waals surface area contributed by atoms with Crippen molar-refractivity contribution >= 4 is 45.6 Å². The number of hydrogen-bond donors (Lipinski definition) is 3. The van der Waals surface area contributed by atoms with Gasteiger partial charge >= 0.3 is 0 Å². The zero-order valence-corrected chi connectivity index (χ0v) is 23.4. The lowest BCUT2D eigenvalue weighted by Crippen LogP contribution is -2.48. The molecule has 2 aliphatic heterocycles. The number of anilines is 4. The van der Waals surface area contributed by atoms with Gasteiger partial charge in [-0.15, -0.1) is 12.4 Å². The predicted molar refractivity (Wildman–Crippen MR) is 154 cm³/mol. The molecule has 0 bridgehead atoms. The molecule has 0 unspecified atom stereocenters. The number of benzene rings is 2. The minimum absolute atomic E-state index is 0. The zero-order valence-electron chi connectivity index (χ0n) is 21.7. The third kappa shape index (κ3) is 7.64. The molecule has 3 aromatic rings. The van der Waals surface area contributed by atoms with Crippen LogP contribution in [0.4, 0.5) is 27.5 Å². The third-order valence-corrected chi connectivity index (χ3v) is 9.01. The van der Waals surface area contributed by atoms with Crippen LogP contribution in [0.15, 0.2) is 65.7 Å². The van der Waals surface area contributed by atoms with Crippen molar-refractivity contribution in [2.24, 2.45) is 0 Å². The van der Waals surface area contributed by atoms with E-state index in [1.165, 1.54) is 25.0 Å². The molecule has 0 amide bonds. The second kappa shape index (κ2) is 13.5. The Balaban J connectivity index is 0.00000353. The Hall–Kier alpha value is -2.83. The fourth-order valence-electron chi connectivity index (χ4n) is 4.98.